The number of benzene rings is 1. The Labute approximate surface area is 123 Å². The smallest absolute Gasteiger partial charge is 0.129 e. The van der Waals surface area contributed by atoms with Crippen LogP contribution in [-0.2, 0) is 7.05 Å². The molecule has 0 spiro atoms. The molecule has 2 unspecified atom stereocenters. The van der Waals surface area contributed by atoms with Crippen molar-refractivity contribution < 1.29 is 9.13 Å². The Bertz CT molecular complexity index is 626. The molecule has 112 valence electrons. The average molecular weight is 289 g/mol. The Morgan fingerprint density at radius 1 is 1.48 bits per heavy atom. The van der Waals surface area contributed by atoms with Crippen molar-refractivity contribution in [1.82, 2.24) is 15.1 Å². The second-order valence-corrected chi connectivity index (χ2v) is 5.48. The van der Waals surface area contributed by atoms with Crippen LogP contribution in [-0.4, -0.2) is 16.3 Å². The summed E-state index contributed by atoms with van der Waals surface area (Å²) in [6.07, 6.45) is 5.57. The highest BCUT2D eigenvalue weighted by atomic mass is 19.1. The topological polar surface area (TPSA) is 39.1 Å². The van der Waals surface area contributed by atoms with Crippen LogP contribution in [0.25, 0.3) is 0 Å². The van der Waals surface area contributed by atoms with E-state index in [1.807, 2.05) is 19.4 Å². The van der Waals surface area contributed by atoms with Gasteiger partial charge in [0.25, 0.3) is 0 Å². The fraction of sp³-hybridized carbons (Fsp3) is 0.438. The van der Waals surface area contributed by atoms with Gasteiger partial charge in [-0.15, -0.1) is 0 Å². The van der Waals surface area contributed by atoms with Crippen molar-refractivity contribution in [3.63, 3.8) is 0 Å². The van der Waals surface area contributed by atoms with Gasteiger partial charge in [0.05, 0.1) is 6.20 Å². The molecule has 0 fully saturated rings. The first-order valence-electron chi connectivity index (χ1n) is 7.35. The summed E-state index contributed by atoms with van der Waals surface area (Å²) in [5.41, 5.74) is 1.96. The van der Waals surface area contributed by atoms with E-state index < -0.39 is 0 Å². The highest BCUT2D eigenvalue weighted by Gasteiger charge is 2.30. The highest BCUT2D eigenvalue weighted by Crippen LogP contribution is 2.40. The summed E-state index contributed by atoms with van der Waals surface area (Å²) in [6.45, 7) is 3.03. The van der Waals surface area contributed by atoms with Crippen LogP contribution in [0.3, 0.4) is 0 Å². The Hall–Kier alpha value is -1.88. The minimum absolute atomic E-state index is 0.0500. The maximum atomic E-state index is 13.5. The average Bonchev–Trinajstić information content (AvgIpc) is 2.91. The van der Waals surface area contributed by atoms with Gasteiger partial charge >= 0.3 is 0 Å². The van der Waals surface area contributed by atoms with Crippen LogP contribution >= 0.6 is 0 Å². The largest absolute Gasteiger partial charge is 0.485 e. The van der Waals surface area contributed by atoms with E-state index >= 15 is 0 Å². The third-order valence-electron chi connectivity index (χ3n) is 3.80. The number of hydrogen-bond donors (Lipinski definition) is 1. The molecule has 5 heteroatoms. The van der Waals surface area contributed by atoms with Crippen molar-refractivity contribution in [2.45, 2.75) is 31.9 Å². The molecule has 1 aliphatic heterocycles. The SMILES string of the molecule is CCCNC1CC(c2cnn(C)c2)Oc2ccc(F)cc21. The number of hydrogen-bond acceptors (Lipinski definition) is 3. The van der Waals surface area contributed by atoms with E-state index in [2.05, 4.69) is 17.3 Å². The third-order valence-corrected chi connectivity index (χ3v) is 3.80. The van der Waals surface area contributed by atoms with E-state index in [4.69, 9.17) is 4.74 Å². The molecule has 0 amide bonds. The monoisotopic (exact) mass is 289 g/mol. The van der Waals surface area contributed by atoms with Crippen LogP contribution in [0.4, 0.5) is 4.39 Å². The number of ether oxygens (including phenoxy) is 1. The van der Waals surface area contributed by atoms with Crippen molar-refractivity contribution in [3.8, 4) is 5.75 Å². The van der Waals surface area contributed by atoms with Crippen LogP contribution in [0.1, 0.15) is 43.0 Å². The maximum absolute atomic E-state index is 13.5. The van der Waals surface area contributed by atoms with E-state index in [0.717, 1.165) is 36.3 Å². The van der Waals surface area contributed by atoms with Crippen molar-refractivity contribution in [2.75, 3.05) is 6.54 Å². The summed E-state index contributed by atoms with van der Waals surface area (Å²) in [5.74, 6) is 0.533. The zero-order valence-corrected chi connectivity index (χ0v) is 12.3. The lowest BCUT2D eigenvalue weighted by Crippen LogP contribution is -2.29. The van der Waals surface area contributed by atoms with Crippen molar-refractivity contribution in [3.05, 3.63) is 47.5 Å². The number of aryl methyl sites for hydroxylation is 1. The van der Waals surface area contributed by atoms with E-state index in [-0.39, 0.29) is 18.0 Å². The molecule has 0 aliphatic carbocycles. The second kappa shape index (κ2) is 5.85. The van der Waals surface area contributed by atoms with Gasteiger partial charge in [-0.2, -0.15) is 5.10 Å². The Kier molecular flexibility index (Phi) is 3.92. The molecule has 3 rings (SSSR count). The summed E-state index contributed by atoms with van der Waals surface area (Å²) >= 11 is 0. The number of halogens is 1. The quantitative estimate of drug-likeness (QED) is 0.940. The molecule has 0 saturated carbocycles. The first-order chi connectivity index (χ1) is 10.2. The van der Waals surface area contributed by atoms with Gasteiger partial charge in [0, 0.05) is 36.8 Å². The third kappa shape index (κ3) is 2.93. The molecular formula is C16H20FN3O. The van der Waals surface area contributed by atoms with Gasteiger partial charge in [-0.25, -0.2) is 4.39 Å². The normalized spacial score (nSPS) is 20.9. The molecule has 0 saturated heterocycles. The Morgan fingerprint density at radius 3 is 3.05 bits per heavy atom. The zero-order valence-electron chi connectivity index (χ0n) is 12.3. The lowest BCUT2D eigenvalue weighted by Gasteiger charge is -2.32. The standard InChI is InChI=1S/C16H20FN3O/c1-3-6-18-14-8-16(11-9-19-20(2)10-11)21-15-5-4-12(17)7-13(14)15/h4-5,7,9-10,14,16,18H,3,6,8H2,1-2H3. The van der Waals surface area contributed by atoms with E-state index in [1.54, 1.807) is 16.8 Å². The molecule has 2 heterocycles. The Balaban J connectivity index is 1.90. The Morgan fingerprint density at radius 2 is 2.33 bits per heavy atom. The molecule has 1 N–H and O–H groups in total. The minimum atomic E-state index is -0.222. The predicted octanol–water partition coefficient (Wildman–Crippen LogP) is 3.12. The molecule has 1 aromatic carbocycles. The summed E-state index contributed by atoms with van der Waals surface area (Å²) < 4.78 is 21.3. The fourth-order valence-corrected chi connectivity index (χ4v) is 2.76. The molecule has 0 radical (unpaired) electrons. The number of nitrogens with one attached hydrogen (secondary N) is 1. The zero-order chi connectivity index (χ0) is 14.8. The molecular weight excluding hydrogens is 269 g/mol. The van der Waals surface area contributed by atoms with Gasteiger partial charge in [0.1, 0.15) is 17.7 Å². The van der Waals surface area contributed by atoms with Gasteiger partial charge in [-0.05, 0) is 31.2 Å². The first kappa shape index (κ1) is 14.1. The summed E-state index contributed by atoms with van der Waals surface area (Å²) in [6, 6.07) is 4.84. The van der Waals surface area contributed by atoms with Crippen LogP contribution in [0, 0.1) is 5.82 Å². The van der Waals surface area contributed by atoms with Crippen LogP contribution in [0.2, 0.25) is 0 Å². The van der Waals surface area contributed by atoms with Gasteiger partial charge in [-0.3, -0.25) is 4.68 Å². The highest BCUT2D eigenvalue weighted by molar-refractivity contribution is 5.39. The van der Waals surface area contributed by atoms with Gasteiger partial charge in [0.2, 0.25) is 0 Å². The minimum Gasteiger partial charge on any atom is -0.485 e. The summed E-state index contributed by atoms with van der Waals surface area (Å²) in [4.78, 5) is 0. The number of rotatable bonds is 4. The van der Waals surface area contributed by atoms with Crippen molar-refractivity contribution >= 4 is 0 Å². The van der Waals surface area contributed by atoms with Crippen molar-refractivity contribution in [1.29, 1.82) is 0 Å². The molecule has 2 aromatic rings. The molecule has 0 bridgehead atoms. The van der Waals surface area contributed by atoms with Gasteiger partial charge in [0.15, 0.2) is 0 Å². The fourth-order valence-electron chi connectivity index (χ4n) is 2.76. The second-order valence-electron chi connectivity index (χ2n) is 5.48. The molecule has 4 nitrogen and oxygen atoms in total. The lowest BCUT2D eigenvalue weighted by atomic mass is 9.94. The number of nitrogens with zero attached hydrogens (tertiary/aromatic N) is 2. The molecule has 1 aliphatic rings. The van der Waals surface area contributed by atoms with Crippen LogP contribution in [0.5, 0.6) is 5.75 Å². The molecule has 1 aromatic heterocycles. The van der Waals surface area contributed by atoms with Crippen molar-refractivity contribution in [2.24, 2.45) is 7.05 Å². The summed E-state index contributed by atoms with van der Waals surface area (Å²) in [7, 11) is 1.89. The lowest BCUT2D eigenvalue weighted by molar-refractivity contribution is 0.151. The molecule has 21 heavy (non-hydrogen) atoms. The number of fused-ring (bicyclic) bond motifs is 1. The number of aromatic nitrogens is 2. The van der Waals surface area contributed by atoms with E-state index in [0.29, 0.717) is 0 Å². The van der Waals surface area contributed by atoms with Gasteiger partial charge < -0.3 is 10.1 Å². The molecule has 2 atom stereocenters. The first-order valence-corrected chi connectivity index (χ1v) is 7.35. The summed E-state index contributed by atoms with van der Waals surface area (Å²) in [5, 5.41) is 7.69. The maximum Gasteiger partial charge on any atom is 0.129 e. The predicted molar refractivity (Wildman–Crippen MR) is 78.6 cm³/mol. The van der Waals surface area contributed by atoms with E-state index in [9.17, 15) is 4.39 Å². The van der Waals surface area contributed by atoms with E-state index in [1.165, 1.54) is 6.07 Å². The van der Waals surface area contributed by atoms with Crippen LogP contribution in [0.15, 0.2) is 30.6 Å². The van der Waals surface area contributed by atoms with Gasteiger partial charge in [-0.1, -0.05) is 6.92 Å². The van der Waals surface area contributed by atoms with Crippen LogP contribution < -0.4 is 10.1 Å².